The normalized spacial score (nSPS) is 16.4. The average molecular weight is 599 g/mol. The minimum Gasteiger partial charge on any atom is -0.508 e. The molecule has 6 aromatic rings. The number of phenolic OH excluding ortho intramolecular Hbond substituents is 5. The molecule has 0 spiro atoms. The van der Waals surface area contributed by atoms with E-state index in [9.17, 15) is 35.1 Å². The Balaban J connectivity index is 1.33. The molecular weight excluding hydrogens is 576 g/mol. The second-order valence-electron chi connectivity index (χ2n) is 10.5. The van der Waals surface area contributed by atoms with Crippen LogP contribution in [0, 0.1) is 0 Å². The van der Waals surface area contributed by atoms with Crippen molar-refractivity contribution in [2.75, 3.05) is 13.7 Å². The lowest BCUT2D eigenvalue weighted by Crippen LogP contribution is -2.40. The molecule has 44 heavy (non-hydrogen) atoms. The summed E-state index contributed by atoms with van der Waals surface area (Å²) in [7, 11) is 1.37. The highest BCUT2D eigenvalue weighted by molar-refractivity contribution is 5.99. The molecule has 0 bridgehead atoms. The van der Waals surface area contributed by atoms with Gasteiger partial charge in [0.25, 0.3) is 0 Å². The summed E-state index contributed by atoms with van der Waals surface area (Å²) >= 11 is 0. The van der Waals surface area contributed by atoms with Crippen LogP contribution in [0.4, 0.5) is 0 Å². The Bertz CT molecular complexity index is 2370. The highest BCUT2D eigenvalue weighted by atomic mass is 16.6. The van der Waals surface area contributed by atoms with Gasteiger partial charge in [0.2, 0.25) is 22.4 Å². The van der Waals surface area contributed by atoms with Gasteiger partial charge in [0.05, 0.1) is 23.4 Å². The topological polar surface area (TPSA) is 189 Å². The minimum absolute atomic E-state index is 0.00383. The first kappa shape index (κ1) is 26.8. The molecule has 12 heteroatoms. The van der Waals surface area contributed by atoms with Crippen molar-refractivity contribution in [2.45, 2.75) is 12.5 Å². The van der Waals surface area contributed by atoms with Crippen molar-refractivity contribution >= 4 is 50.0 Å². The number of aromatic hydroxyl groups is 5. The van der Waals surface area contributed by atoms with Gasteiger partial charge in [-0.2, -0.15) is 0 Å². The quantitative estimate of drug-likeness (QED) is 0.172. The SMILES string of the molecule is COc1cc2c(=O)c3c(O)cc(O)cc3oc2c2c1O[C@@](C)(/C=C/c1c(O)cc3oc4c(O)cccc4c(=O)c3c1O)CO2. The highest BCUT2D eigenvalue weighted by Gasteiger charge is 2.36. The maximum atomic E-state index is 13.3. The van der Waals surface area contributed by atoms with Crippen molar-refractivity contribution in [1.82, 2.24) is 0 Å². The van der Waals surface area contributed by atoms with E-state index in [1.165, 1.54) is 49.6 Å². The van der Waals surface area contributed by atoms with Crippen LogP contribution in [0.25, 0.3) is 50.0 Å². The number of phenols is 5. The van der Waals surface area contributed by atoms with E-state index in [2.05, 4.69) is 0 Å². The van der Waals surface area contributed by atoms with E-state index in [0.29, 0.717) is 0 Å². The van der Waals surface area contributed by atoms with Gasteiger partial charge in [0.1, 0.15) is 51.5 Å². The highest BCUT2D eigenvalue weighted by Crippen LogP contribution is 2.49. The van der Waals surface area contributed by atoms with Crippen LogP contribution in [-0.2, 0) is 0 Å². The van der Waals surface area contributed by atoms with Crippen molar-refractivity contribution in [3.8, 4) is 46.0 Å². The lowest BCUT2D eigenvalue weighted by Gasteiger charge is -2.34. The first-order chi connectivity index (χ1) is 21.0. The molecule has 0 amide bonds. The minimum atomic E-state index is -1.23. The molecule has 3 heterocycles. The molecule has 12 nitrogen and oxygen atoms in total. The third-order valence-electron chi connectivity index (χ3n) is 7.53. The number of hydrogen-bond donors (Lipinski definition) is 5. The molecule has 0 radical (unpaired) electrons. The van der Waals surface area contributed by atoms with Crippen LogP contribution in [0.5, 0.6) is 46.0 Å². The molecule has 1 atom stereocenters. The van der Waals surface area contributed by atoms with Crippen LogP contribution in [-0.4, -0.2) is 44.9 Å². The molecule has 0 aliphatic carbocycles. The lowest BCUT2D eigenvalue weighted by atomic mass is 10.0. The van der Waals surface area contributed by atoms with Gasteiger partial charge >= 0.3 is 0 Å². The van der Waals surface area contributed by atoms with Crippen molar-refractivity contribution in [3.63, 3.8) is 0 Å². The number of methoxy groups -OCH3 is 1. The average Bonchev–Trinajstić information content (AvgIpc) is 2.96. The zero-order valence-electron chi connectivity index (χ0n) is 23.0. The summed E-state index contributed by atoms with van der Waals surface area (Å²) in [5, 5.41) is 51.9. The second kappa shape index (κ2) is 9.23. The number of benzene rings is 4. The molecular formula is C32H22O12. The van der Waals surface area contributed by atoms with Crippen LogP contribution < -0.4 is 25.1 Å². The van der Waals surface area contributed by atoms with Crippen LogP contribution >= 0.6 is 0 Å². The molecule has 5 N–H and O–H groups in total. The summed E-state index contributed by atoms with van der Waals surface area (Å²) in [4.78, 5) is 26.5. The molecule has 0 fully saturated rings. The van der Waals surface area contributed by atoms with E-state index in [-0.39, 0.29) is 84.8 Å². The van der Waals surface area contributed by atoms with Crippen LogP contribution in [0.2, 0.25) is 0 Å². The Morgan fingerprint density at radius 3 is 2.32 bits per heavy atom. The van der Waals surface area contributed by atoms with E-state index in [1.807, 2.05) is 0 Å². The van der Waals surface area contributed by atoms with Crippen LogP contribution in [0.15, 0.2) is 67.0 Å². The molecule has 2 aromatic heterocycles. The summed E-state index contributed by atoms with van der Waals surface area (Å²) < 4.78 is 29.3. The molecule has 4 aromatic carbocycles. The molecule has 7 rings (SSSR count). The standard InChI is InChI=1S/C32H22O12/c1-32(7-6-14-18(35)11-21-24(25(14)37)26(38)15-4-3-5-17(34)28(15)42-21)12-41-31-29-16(10-22(40-2)30(31)44-32)27(39)23-19(36)8-13(33)9-20(23)43-29/h3-11,33-37H,12H2,1-2H3/b7-6+/t32-/m0/s1. The van der Waals surface area contributed by atoms with Gasteiger partial charge in [0, 0.05) is 18.2 Å². The summed E-state index contributed by atoms with van der Waals surface area (Å²) in [5.41, 5.74) is -2.77. The fourth-order valence-corrected chi connectivity index (χ4v) is 5.38. The first-order valence-corrected chi connectivity index (χ1v) is 13.2. The number of para-hydroxylation sites is 1. The maximum Gasteiger partial charge on any atom is 0.209 e. The van der Waals surface area contributed by atoms with Crippen molar-refractivity contribution in [3.05, 3.63) is 74.6 Å². The Kier molecular flexibility index (Phi) is 5.63. The molecule has 0 unspecified atom stereocenters. The Morgan fingerprint density at radius 2 is 1.55 bits per heavy atom. The summed E-state index contributed by atoms with van der Waals surface area (Å²) in [6, 6.07) is 9.03. The monoisotopic (exact) mass is 598 g/mol. The zero-order chi connectivity index (χ0) is 31.1. The Morgan fingerprint density at radius 1 is 0.818 bits per heavy atom. The fourth-order valence-electron chi connectivity index (χ4n) is 5.38. The van der Waals surface area contributed by atoms with Gasteiger partial charge in [-0.1, -0.05) is 6.07 Å². The molecule has 222 valence electrons. The molecule has 0 saturated heterocycles. The van der Waals surface area contributed by atoms with Crippen LogP contribution in [0.1, 0.15) is 12.5 Å². The number of hydrogen-bond acceptors (Lipinski definition) is 12. The third-order valence-corrected chi connectivity index (χ3v) is 7.53. The summed E-state index contributed by atoms with van der Waals surface area (Å²) in [6.45, 7) is 1.52. The Labute approximate surface area is 245 Å². The number of fused-ring (bicyclic) bond motifs is 6. The van der Waals surface area contributed by atoms with Crippen molar-refractivity contribution < 1.29 is 48.6 Å². The lowest BCUT2D eigenvalue weighted by molar-refractivity contribution is 0.0424. The zero-order valence-corrected chi connectivity index (χ0v) is 23.0. The summed E-state index contributed by atoms with van der Waals surface area (Å²) in [6.07, 6.45) is 2.86. The van der Waals surface area contributed by atoms with E-state index < -0.39 is 33.7 Å². The Hall–Kier alpha value is -6.04. The van der Waals surface area contributed by atoms with E-state index >= 15 is 0 Å². The number of ether oxygens (including phenoxy) is 3. The number of rotatable bonds is 3. The maximum absolute atomic E-state index is 13.3. The second-order valence-corrected chi connectivity index (χ2v) is 10.5. The van der Waals surface area contributed by atoms with Gasteiger partial charge in [-0.15, -0.1) is 0 Å². The molecule has 1 aliphatic rings. The third kappa shape index (κ3) is 3.84. The fraction of sp³-hybridized carbons (Fsp3) is 0.125. The largest absolute Gasteiger partial charge is 0.508 e. The molecule has 1 aliphatic heterocycles. The smallest absolute Gasteiger partial charge is 0.209 e. The van der Waals surface area contributed by atoms with Gasteiger partial charge < -0.3 is 48.6 Å². The van der Waals surface area contributed by atoms with Crippen LogP contribution in [0.3, 0.4) is 0 Å². The van der Waals surface area contributed by atoms with Crippen molar-refractivity contribution in [1.29, 1.82) is 0 Å². The predicted molar refractivity (Wildman–Crippen MR) is 158 cm³/mol. The van der Waals surface area contributed by atoms with Gasteiger partial charge in [-0.3, -0.25) is 9.59 Å². The van der Waals surface area contributed by atoms with Gasteiger partial charge in [-0.25, -0.2) is 0 Å². The van der Waals surface area contributed by atoms with E-state index in [1.54, 1.807) is 6.92 Å². The predicted octanol–water partition coefficient (Wildman–Crippen LogP) is 4.99. The summed E-state index contributed by atoms with van der Waals surface area (Å²) in [5.74, 6) is -1.71. The first-order valence-electron chi connectivity index (χ1n) is 13.2. The van der Waals surface area contributed by atoms with Crippen molar-refractivity contribution in [2.24, 2.45) is 0 Å². The van der Waals surface area contributed by atoms with Gasteiger partial charge in [-0.05, 0) is 37.3 Å². The molecule has 0 saturated carbocycles. The van der Waals surface area contributed by atoms with E-state index in [0.717, 1.165) is 12.1 Å². The van der Waals surface area contributed by atoms with E-state index in [4.69, 9.17) is 23.0 Å². The van der Waals surface area contributed by atoms with Gasteiger partial charge in [0.15, 0.2) is 28.3 Å².